The van der Waals surface area contributed by atoms with Gasteiger partial charge in [-0.2, -0.15) is 13.2 Å². The zero-order chi connectivity index (χ0) is 12.9. The monoisotopic (exact) mass is 251 g/mol. The van der Waals surface area contributed by atoms with Crippen LogP contribution in [0.2, 0.25) is 0 Å². The molecule has 2 N–H and O–H groups in total. The number of rotatable bonds is 5. The van der Waals surface area contributed by atoms with Gasteiger partial charge in [-0.05, 0) is 24.8 Å². The molecule has 1 aliphatic carbocycles. The highest BCUT2D eigenvalue weighted by Crippen LogP contribution is 2.39. The highest BCUT2D eigenvalue weighted by atomic mass is 19.4. The summed E-state index contributed by atoms with van der Waals surface area (Å²) in [5, 5.41) is 0. The molecule has 0 amide bonds. The summed E-state index contributed by atoms with van der Waals surface area (Å²) >= 11 is 0. The van der Waals surface area contributed by atoms with Gasteiger partial charge in [0.15, 0.2) is 0 Å². The lowest BCUT2D eigenvalue weighted by atomic mass is 9.70. The molecular formula is C12H20F3NO. The van der Waals surface area contributed by atoms with E-state index >= 15 is 0 Å². The van der Waals surface area contributed by atoms with Gasteiger partial charge in [0.1, 0.15) is 5.78 Å². The Labute approximate surface area is 99.7 Å². The highest BCUT2D eigenvalue weighted by molar-refractivity contribution is 5.79. The minimum Gasteiger partial charge on any atom is -0.330 e. The number of carbonyl (C=O) groups is 1. The van der Waals surface area contributed by atoms with Crippen LogP contribution in [-0.4, -0.2) is 18.5 Å². The van der Waals surface area contributed by atoms with Crippen LogP contribution in [0.25, 0.3) is 0 Å². The minimum absolute atomic E-state index is 0.221. The van der Waals surface area contributed by atoms with Gasteiger partial charge in [-0.15, -0.1) is 0 Å². The fourth-order valence-corrected chi connectivity index (χ4v) is 2.54. The summed E-state index contributed by atoms with van der Waals surface area (Å²) in [4.78, 5) is 11.6. The van der Waals surface area contributed by atoms with Crippen LogP contribution in [0.4, 0.5) is 13.2 Å². The number of ketones is 1. The van der Waals surface area contributed by atoms with Crippen molar-refractivity contribution < 1.29 is 18.0 Å². The molecule has 1 saturated carbocycles. The fraction of sp³-hybridized carbons (Fsp3) is 0.917. The van der Waals surface area contributed by atoms with Crippen LogP contribution in [0.3, 0.4) is 0 Å². The summed E-state index contributed by atoms with van der Waals surface area (Å²) in [6.07, 6.45) is -0.468. The minimum atomic E-state index is -4.24. The number of halogens is 3. The van der Waals surface area contributed by atoms with Crippen molar-refractivity contribution in [2.75, 3.05) is 6.54 Å². The maximum absolute atomic E-state index is 12.0. The quantitative estimate of drug-likeness (QED) is 0.815. The topological polar surface area (TPSA) is 43.1 Å². The zero-order valence-corrected chi connectivity index (χ0v) is 9.98. The number of alkyl halides is 3. The molecule has 1 aliphatic rings. The molecule has 1 fully saturated rings. The summed E-state index contributed by atoms with van der Waals surface area (Å²) in [5.74, 6) is -0.297. The van der Waals surface area contributed by atoms with Gasteiger partial charge in [0, 0.05) is 12.8 Å². The number of Topliss-reactive ketones (excluding diaryl/α,β-unsaturated/α-hetero) is 1. The molecule has 0 atom stereocenters. The first-order valence-electron chi connectivity index (χ1n) is 6.15. The Morgan fingerprint density at radius 3 is 2.24 bits per heavy atom. The molecule has 5 heteroatoms. The third kappa shape index (κ3) is 5.06. The molecule has 0 aliphatic heterocycles. The van der Waals surface area contributed by atoms with Crippen molar-refractivity contribution in [1.82, 2.24) is 0 Å². The van der Waals surface area contributed by atoms with Crippen molar-refractivity contribution in [3.8, 4) is 0 Å². The van der Waals surface area contributed by atoms with Gasteiger partial charge >= 0.3 is 6.18 Å². The Hall–Kier alpha value is -0.580. The van der Waals surface area contributed by atoms with Gasteiger partial charge in [-0.1, -0.05) is 19.3 Å². The second-order valence-corrected chi connectivity index (χ2v) is 5.10. The third-order valence-electron chi connectivity index (χ3n) is 3.61. The van der Waals surface area contributed by atoms with Crippen LogP contribution in [-0.2, 0) is 4.79 Å². The summed E-state index contributed by atoms with van der Waals surface area (Å²) in [5.41, 5.74) is 5.47. The second-order valence-electron chi connectivity index (χ2n) is 5.10. The Balaban J connectivity index is 2.42. The van der Waals surface area contributed by atoms with E-state index in [0.29, 0.717) is 6.54 Å². The van der Waals surface area contributed by atoms with Crippen LogP contribution in [0, 0.1) is 5.41 Å². The SMILES string of the molecule is NCC1(CC(=O)CCC(F)(F)F)CCCCC1. The predicted octanol–water partition coefficient (Wildman–Crippen LogP) is 3.20. The molecule has 0 aromatic heterocycles. The maximum atomic E-state index is 12.0. The van der Waals surface area contributed by atoms with E-state index in [0.717, 1.165) is 32.1 Å². The van der Waals surface area contributed by atoms with E-state index in [-0.39, 0.29) is 17.6 Å². The van der Waals surface area contributed by atoms with Crippen molar-refractivity contribution in [1.29, 1.82) is 0 Å². The van der Waals surface area contributed by atoms with Gasteiger partial charge in [0.2, 0.25) is 0 Å². The Bertz CT molecular complexity index is 257. The van der Waals surface area contributed by atoms with Crippen molar-refractivity contribution in [2.45, 2.75) is 57.5 Å². The van der Waals surface area contributed by atoms with E-state index in [1.54, 1.807) is 0 Å². The molecule has 1 rings (SSSR count). The van der Waals surface area contributed by atoms with Gasteiger partial charge in [0.05, 0.1) is 6.42 Å². The molecule has 17 heavy (non-hydrogen) atoms. The molecule has 0 aromatic rings. The van der Waals surface area contributed by atoms with Crippen LogP contribution >= 0.6 is 0 Å². The normalized spacial score (nSPS) is 20.2. The lowest BCUT2D eigenvalue weighted by molar-refractivity contribution is -0.144. The number of hydrogen-bond acceptors (Lipinski definition) is 2. The first-order chi connectivity index (χ1) is 7.87. The molecule has 0 heterocycles. The molecule has 0 spiro atoms. The van der Waals surface area contributed by atoms with Crippen molar-refractivity contribution >= 4 is 5.78 Å². The van der Waals surface area contributed by atoms with Crippen molar-refractivity contribution in [3.05, 3.63) is 0 Å². The lowest BCUT2D eigenvalue weighted by Gasteiger charge is -2.35. The van der Waals surface area contributed by atoms with E-state index in [2.05, 4.69) is 0 Å². The van der Waals surface area contributed by atoms with E-state index in [9.17, 15) is 18.0 Å². The maximum Gasteiger partial charge on any atom is 0.389 e. The Morgan fingerprint density at radius 1 is 1.18 bits per heavy atom. The number of carbonyl (C=O) groups excluding carboxylic acids is 1. The van der Waals surface area contributed by atoms with Crippen molar-refractivity contribution in [3.63, 3.8) is 0 Å². The highest BCUT2D eigenvalue weighted by Gasteiger charge is 2.34. The summed E-state index contributed by atoms with van der Waals surface area (Å²) < 4.78 is 36.0. The van der Waals surface area contributed by atoms with Crippen LogP contribution in [0.15, 0.2) is 0 Å². The molecule has 0 unspecified atom stereocenters. The van der Waals surface area contributed by atoms with E-state index < -0.39 is 19.0 Å². The smallest absolute Gasteiger partial charge is 0.330 e. The average Bonchev–Trinajstić information content (AvgIpc) is 2.27. The Morgan fingerprint density at radius 2 is 1.76 bits per heavy atom. The van der Waals surface area contributed by atoms with Crippen molar-refractivity contribution in [2.24, 2.45) is 11.1 Å². The molecule has 0 bridgehead atoms. The third-order valence-corrected chi connectivity index (χ3v) is 3.61. The standard InChI is InChI=1S/C12H20F3NO/c13-12(14,15)7-4-10(17)8-11(9-16)5-2-1-3-6-11/h1-9,16H2. The zero-order valence-electron chi connectivity index (χ0n) is 9.98. The van der Waals surface area contributed by atoms with Gasteiger partial charge < -0.3 is 5.73 Å². The van der Waals surface area contributed by atoms with Crippen LogP contribution < -0.4 is 5.73 Å². The van der Waals surface area contributed by atoms with E-state index in [1.165, 1.54) is 0 Å². The largest absolute Gasteiger partial charge is 0.389 e. The average molecular weight is 251 g/mol. The molecular weight excluding hydrogens is 231 g/mol. The molecule has 0 aromatic carbocycles. The molecule has 2 nitrogen and oxygen atoms in total. The van der Waals surface area contributed by atoms with E-state index in [4.69, 9.17) is 5.73 Å². The number of nitrogens with two attached hydrogens (primary N) is 1. The molecule has 0 radical (unpaired) electrons. The fourth-order valence-electron chi connectivity index (χ4n) is 2.54. The second kappa shape index (κ2) is 5.85. The summed E-state index contributed by atoms with van der Waals surface area (Å²) in [7, 11) is 0. The predicted molar refractivity (Wildman–Crippen MR) is 59.5 cm³/mol. The summed E-state index contributed by atoms with van der Waals surface area (Å²) in [6, 6.07) is 0. The van der Waals surface area contributed by atoms with Gasteiger partial charge in [-0.25, -0.2) is 0 Å². The molecule has 100 valence electrons. The van der Waals surface area contributed by atoms with Crippen LogP contribution in [0.5, 0.6) is 0 Å². The van der Waals surface area contributed by atoms with E-state index in [1.807, 2.05) is 0 Å². The molecule has 0 saturated heterocycles. The first kappa shape index (κ1) is 14.5. The lowest BCUT2D eigenvalue weighted by Crippen LogP contribution is -2.35. The first-order valence-corrected chi connectivity index (χ1v) is 6.15. The summed E-state index contributed by atoms with van der Waals surface area (Å²) in [6.45, 7) is 0.407. The van der Waals surface area contributed by atoms with Gasteiger partial charge in [0.25, 0.3) is 0 Å². The van der Waals surface area contributed by atoms with Gasteiger partial charge in [-0.3, -0.25) is 4.79 Å². The van der Waals surface area contributed by atoms with Crippen LogP contribution in [0.1, 0.15) is 51.4 Å². The Kier molecular flexibility index (Phi) is 4.98. The number of hydrogen-bond donors (Lipinski definition) is 1.